The Kier molecular flexibility index (Phi) is 5.21. The fourth-order valence-corrected chi connectivity index (χ4v) is 6.36. The van der Waals surface area contributed by atoms with Gasteiger partial charge in [0.25, 0.3) is 11.2 Å². The molecule has 11 heteroatoms. The van der Waals surface area contributed by atoms with Crippen molar-refractivity contribution in [2.75, 3.05) is 19.5 Å². The molecule has 2 aliphatic heterocycles. The van der Waals surface area contributed by atoms with E-state index in [0.29, 0.717) is 14.9 Å². The summed E-state index contributed by atoms with van der Waals surface area (Å²) in [6.45, 7) is 0. The first kappa shape index (κ1) is 23.6. The number of carbonyl (C=O) groups excluding carboxylic acids is 1. The number of hydrogen-bond acceptors (Lipinski definition) is 7. The summed E-state index contributed by atoms with van der Waals surface area (Å²) in [5.41, 5.74) is 2.50. The van der Waals surface area contributed by atoms with E-state index >= 15 is 0 Å². The molecule has 4 aromatic rings. The lowest BCUT2D eigenvalue weighted by Gasteiger charge is -2.49. The average molecular weight is 527 g/mol. The third-order valence-electron chi connectivity index (χ3n) is 7.15. The molecular formula is C27H22N6O4S. The maximum absolute atomic E-state index is 13.7. The van der Waals surface area contributed by atoms with Gasteiger partial charge >= 0.3 is 6.03 Å². The van der Waals surface area contributed by atoms with E-state index in [1.54, 1.807) is 42.1 Å². The zero-order chi connectivity index (χ0) is 26.7. The minimum absolute atomic E-state index is 0.0645. The lowest BCUT2D eigenvalue weighted by Crippen LogP contribution is -2.67. The van der Waals surface area contributed by atoms with Crippen LogP contribution in [0.4, 0.5) is 10.5 Å². The second-order valence-corrected chi connectivity index (χ2v) is 10.1. The van der Waals surface area contributed by atoms with E-state index < -0.39 is 16.2 Å². The smallest absolute Gasteiger partial charge is 0.295 e. The Balaban J connectivity index is 1.67. The molecule has 190 valence electrons. The van der Waals surface area contributed by atoms with Crippen molar-refractivity contribution in [1.82, 2.24) is 14.5 Å². The summed E-state index contributed by atoms with van der Waals surface area (Å²) < 4.78 is 1.71. The minimum Gasteiger partial charge on any atom is -0.295 e. The molecule has 0 spiro atoms. The fourth-order valence-electron chi connectivity index (χ4n) is 5.40. The number of nitro benzene ring substituents is 1. The van der Waals surface area contributed by atoms with E-state index in [0.717, 1.165) is 22.5 Å². The molecule has 2 amide bonds. The van der Waals surface area contributed by atoms with Crippen molar-refractivity contribution in [3.05, 3.63) is 131 Å². The number of nitrogens with one attached hydrogen (secondary N) is 1. The topological polar surface area (TPSA) is 113 Å². The Labute approximate surface area is 220 Å². The molecule has 1 aromatic heterocycles. The Morgan fingerprint density at radius 1 is 0.921 bits per heavy atom. The lowest BCUT2D eigenvalue weighted by atomic mass is 9.80. The van der Waals surface area contributed by atoms with Gasteiger partial charge in [0.2, 0.25) is 16.1 Å². The maximum atomic E-state index is 13.7. The van der Waals surface area contributed by atoms with Crippen molar-refractivity contribution in [1.29, 1.82) is 0 Å². The number of hydrogen-bond donors (Lipinski definition) is 1. The number of non-ortho nitro benzene ring substituents is 1. The summed E-state index contributed by atoms with van der Waals surface area (Å²) >= 11 is 1.15. The van der Waals surface area contributed by atoms with E-state index in [1.165, 1.54) is 16.8 Å². The van der Waals surface area contributed by atoms with Crippen LogP contribution >= 0.6 is 11.3 Å². The molecule has 0 saturated carbocycles. The van der Waals surface area contributed by atoms with Crippen molar-refractivity contribution >= 4 is 29.1 Å². The highest BCUT2D eigenvalue weighted by Gasteiger charge is 2.69. The van der Waals surface area contributed by atoms with Crippen LogP contribution in [0.15, 0.2) is 94.7 Å². The number of urea groups is 1. The fraction of sp³-hybridized carbons (Fsp3) is 0.148. The predicted molar refractivity (Wildman–Crippen MR) is 143 cm³/mol. The molecule has 0 aliphatic carbocycles. The number of amides is 2. The molecule has 3 aromatic carbocycles. The van der Waals surface area contributed by atoms with Crippen LogP contribution in [0.1, 0.15) is 16.7 Å². The number of thiazole rings is 1. The molecule has 1 fully saturated rings. The number of carbonyl (C=O) groups is 1. The molecule has 2 atom stereocenters. The highest BCUT2D eigenvalue weighted by molar-refractivity contribution is 7.07. The quantitative estimate of drug-likeness (QED) is 0.324. The molecule has 0 bridgehead atoms. The van der Waals surface area contributed by atoms with Crippen LogP contribution in [0, 0.1) is 10.1 Å². The van der Waals surface area contributed by atoms with E-state index in [-0.39, 0.29) is 17.3 Å². The third-order valence-corrected chi connectivity index (χ3v) is 8.12. The van der Waals surface area contributed by atoms with Crippen molar-refractivity contribution < 1.29 is 9.72 Å². The van der Waals surface area contributed by atoms with E-state index in [2.05, 4.69) is 5.43 Å². The highest BCUT2D eigenvalue weighted by Crippen LogP contribution is 2.53. The predicted octanol–water partition coefficient (Wildman–Crippen LogP) is 2.53. The molecular weight excluding hydrogens is 504 g/mol. The summed E-state index contributed by atoms with van der Waals surface area (Å²) in [5.74, 6) is 0. The Morgan fingerprint density at radius 2 is 1.58 bits per heavy atom. The van der Waals surface area contributed by atoms with Crippen LogP contribution in [0.3, 0.4) is 0 Å². The van der Waals surface area contributed by atoms with Crippen LogP contribution in [0.2, 0.25) is 0 Å². The van der Waals surface area contributed by atoms with Gasteiger partial charge < -0.3 is 0 Å². The van der Waals surface area contributed by atoms with Gasteiger partial charge in [-0.2, -0.15) is 4.68 Å². The first-order valence-corrected chi connectivity index (χ1v) is 12.6. The first-order chi connectivity index (χ1) is 18.3. The maximum Gasteiger partial charge on any atom is 0.324 e. The molecule has 10 nitrogen and oxygen atoms in total. The van der Waals surface area contributed by atoms with Crippen LogP contribution in [-0.2, 0) is 11.3 Å². The van der Waals surface area contributed by atoms with Gasteiger partial charge in [-0.05, 0) is 11.6 Å². The highest BCUT2D eigenvalue weighted by atomic mass is 32.1. The zero-order valence-electron chi connectivity index (χ0n) is 20.4. The average Bonchev–Trinajstić information content (AvgIpc) is 3.33. The molecule has 0 radical (unpaired) electrons. The second-order valence-electron chi connectivity index (χ2n) is 9.12. The molecule has 2 aliphatic rings. The summed E-state index contributed by atoms with van der Waals surface area (Å²) in [6, 6.07) is 24.8. The zero-order valence-corrected chi connectivity index (χ0v) is 21.3. The van der Waals surface area contributed by atoms with Gasteiger partial charge in [0.15, 0.2) is 0 Å². The van der Waals surface area contributed by atoms with Crippen LogP contribution in [-0.4, -0.2) is 39.5 Å². The lowest BCUT2D eigenvalue weighted by molar-refractivity contribution is -0.384. The Hall–Kier alpha value is -4.77. The van der Waals surface area contributed by atoms with Gasteiger partial charge in [-0.1, -0.05) is 84.1 Å². The van der Waals surface area contributed by atoms with Gasteiger partial charge in [0, 0.05) is 37.4 Å². The van der Waals surface area contributed by atoms with Gasteiger partial charge in [0.1, 0.15) is 0 Å². The monoisotopic (exact) mass is 526 g/mol. The Morgan fingerprint density at radius 3 is 2.24 bits per heavy atom. The molecule has 0 unspecified atom stereocenters. The number of likely N-dealkylation sites (N-methyl/N-ethyl adjacent to an activating group) is 2. The van der Waals surface area contributed by atoms with Crippen LogP contribution in [0.5, 0.6) is 0 Å². The number of nitro groups is 1. The number of fused-ring (bicyclic) bond motifs is 2. The summed E-state index contributed by atoms with van der Waals surface area (Å²) in [5, 5.41) is 11.2. The van der Waals surface area contributed by atoms with Crippen molar-refractivity contribution in [3.63, 3.8) is 0 Å². The summed E-state index contributed by atoms with van der Waals surface area (Å²) in [6.07, 6.45) is 1.61. The van der Waals surface area contributed by atoms with Gasteiger partial charge in [-0.15, -0.1) is 0 Å². The molecule has 1 saturated heterocycles. The molecule has 3 heterocycles. The molecule has 1 N–H and O–H groups in total. The molecule has 6 rings (SSSR count). The summed E-state index contributed by atoms with van der Waals surface area (Å²) in [7, 11) is 3.40. The number of benzene rings is 3. The van der Waals surface area contributed by atoms with Crippen molar-refractivity contribution in [2.24, 2.45) is 4.99 Å². The van der Waals surface area contributed by atoms with Crippen LogP contribution < -0.4 is 20.3 Å². The van der Waals surface area contributed by atoms with Gasteiger partial charge in [0.05, 0.1) is 9.46 Å². The largest absolute Gasteiger partial charge is 0.324 e. The van der Waals surface area contributed by atoms with E-state index in [4.69, 9.17) is 4.99 Å². The Bertz CT molecular complexity index is 1770. The van der Waals surface area contributed by atoms with Crippen molar-refractivity contribution in [3.8, 4) is 0 Å². The SMILES string of the molecule is CN1C(=O)N(C)[C@]2(c3ccccc3)Nn3c(s/c(=C/c4cccc([N+](=O)[O-])c4)c3=O)=N[C@]12c1ccccc1. The number of rotatable bonds is 4. The normalized spacial score (nSPS) is 22.5. The number of nitrogens with zero attached hydrogens (tertiary/aromatic N) is 5. The minimum atomic E-state index is -1.26. The van der Waals surface area contributed by atoms with Gasteiger partial charge in [-0.25, -0.2) is 9.79 Å². The van der Waals surface area contributed by atoms with E-state index in [9.17, 15) is 19.7 Å². The van der Waals surface area contributed by atoms with Gasteiger partial charge in [-0.3, -0.25) is 30.1 Å². The van der Waals surface area contributed by atoms with Crippen molar-refractivity contribution in [2.45, 2.75) is 11.3 Å². The second kappa shape index (κ2) is 8.38. The van der Waals surface area contributed by atoms with Crippen LogP contribution in [0.25, 0.3) is 6.08 Å². The molecule has 38 heavy (non-hydrogen) atoms. The summed E-state index contributed by atoms with van der Waals surface area (Å²) in [4.78, 5) is 46.7. The first-order valence-electron chi connectivity index (χ1n) is 11.8. The third kappa shape index (κ3) is 3.08. The number of aromatic nitrogens is 1. The van der Waals surface area contributed by atoms with E-state index in [1.807, 2.05) is 60.7 Å². The standard InChI is InChI=1S/C27H22N6O4S/c1-30-25(35)31(2)27(20-13-7-4-8-14-20)26(30,19-11-5-3-6-12-19)28-24-32(29-27)23(34)22(38-24)17-18-10-9-15-21(16-18)33(36)37/h3-17,29H,1-2H3/b22-17+/t26-,27+/m1/s1.